The summed E-state index contributed by atoms with van der Waals surface area (Å²) in [5.41, 5.74) is -0.558. The molecule has 5 aliphatic carbocycles. The summed E-state index contributed by atoms with van der Waals surface area (Å²) in [4.78, 5) is 25.4. The first-order valence-corrected chi connectivity index (χ1v) is 13.9. The molecule has 5 saturated carbocycles. The van der Waals surface area contributed by atoms with Crippen molar-refractivity contribution < 1.29 is 24.9 Å². The van der Waals surface area contributed by atoms with Crippen molar-refractivity contribution >= 4 is 11.9 Å². The van der Waals surface area contributed by atoms with Crippen LogP contribution in [0.15, 0.2) is 12.2 Å². The standard InChI is InChI=1S/C30H46O5/c1-16(2)17-10-13-30(25(34)35)15-14-27(5)18(21(17)30)8-9-20-28(27,6)12-11-19-26(3,4)23(31)22(24(32)33)29(19,20)7/h17-23,31H,1,8-15H2,2-7H3,(H,32,33)(H,34,35)/t17-,18-,19-,20+,21-,22+,23-,27+,28+,29-,30-/m0/s1. The van der Waals surface area contributed by atoms with E-state index in [4.69, 9.17) is 0 Å². The molecule has 5 rings (SSSR count). The van der Waals surface area contributed by atoms with Crippen molar-refractivity contribution in [3.05, 3.63) is 12.2 Å². The normalized spacial score (nSPS) is 54.2. The molecule has 0 aromatic rings. The summed E-state index contributed by atoms with van der Waals surface area (Å²) in [5.74, 6) is -1.21. The Labute approximate surface area is 210 Å². The predicted molar refractivity (Wildman–Crippen MR) is 135 cm³/mol. The molecule has 5 nitrogen and oxygen atoms in total. The van der Waals surface area contributed by atoms with Gasteiger partial charge in [-0.1, -0.05) is 46.8 Å². The first-order chi connectivity index (χ1) is 16.1. The van der Waals surface area contributed by atoms with Crippen molar-refractivity contribution in [3.8, 4) is 0 Å². The molecular weight excluding hydrogens is 440 g/mol. The van der Waals surface area contributed by atoms with Gasteiger partial charge in [0.05, 0.1) is 17.4 Å². The topological polar surface area (TPSA) is 94.8 Å². The Kier molecular flexibility index (Phi) is 5.32. The van der Waals surface area contributed by atoms with Gasteiger partial charge in [0, 0.05) is 0 Å². The Hall–Kier alpha value is -1.36. The van der Waals surface area contributed by atoms with E-state index in [-0.39, 0.29) is 34.5 Å². The van der Waals surface area contributed by atoms with E-state index in [2.05, 4.69) is 48.1 Å². The van der Waals surface area contributed by atoms with Crippen molar-refractivity contribution in [2.45, 2.75) is 99.0 Å². The van der Waals surface area contributed by atoms with Crippen LogP contribution in [0.4, 0.5) is 0 Å². The number of fused-ring (bicyclic) bond motifs is 7. The SMILES string of the molecule is C=C(C)[C@@H]1CC[C@]2(C(=O)O)CC[C@]3(C)[C@@H](CC[C@H]4[C@@]5(C)[C@@H](C(=O)O)[C@H](O)C(C)(C)[C@@H]5CC[C@]43C)[C@H]12. The first kappa shape index (κ1) is 25.3. The molecule has 0 aromatic heterocycles. The Morgan fingerprint density at radius 3 is 2.06 bits per heavy atom. The Morgan fingerprint density at radius 1 is 0.829 bits per heavy atom. The van der Waals surface area contributed by atoms with Gasteiger partial charge in [0.1, 0.15) is 0 Å². The van der Waals surface area contributed by atoms with Gasteiger partial charge in [0.2, 0.25) is 0 Å². The van der Waals surface area contributed by atoms with Crippen molar-refractivity contribution in [2.24, 2.45) is 62.6 Å². The molecule has 0 saturated heterocycles. The molecule has 0 spiro atoms. The molecule has 0 radical (unpaired) electrons. The molecular formula is C30H46O5. The van der Waals surface area contributed by atoms with Gasteiger partial charge in [-0.25, -0.2) is 0 Å². The fourth-order valence-electron chi connectivity index (χ4n) is 11.8. The molecule has 196 valence electrons. The van der Waals surface area contributed by atoms with E-state index in [1.807, 2.05) is 0 Å². The van der Waals surface area contributed by atoms with Crippen LogP contribution < -0.4 is 0 Å². The number of allylic oxidation sites excluding steroid dienone is 1. The summed E-state index contributed by atoms with van der Waals surface area (Å²) >= 11 is 0. The number of rotatable bonds is 3. The van der Waals surface area contributed by atoms with E-state index >= 15 is 0 Å². The lowest BCUT2D eigenvalue weighted by Crippen LogP contribution is -2.65. The first-order valence-electron chi connectivity index (χ1n) is 13.9. The van der Waals surface area contributed by atoms with Crippen molar-refractivity contribution in [2.75, 3.05) is 0 Å². The van der Waals surface area contributed by atoms with Crippen LogP contribution in [0.2, 0.25) is 0 Å². The predicted octanol–water partition coefficient (Wildman–Crippen LogP) is 6.01. The highest BCUT2D eigenvalue weighted by Gasteiger charge is 2.75. The third-order valence-corrected chi connectivity index (χ3v) is 13.6. The number of carboxylic acid groups (broad SMARTS) is 2. The zero-order valence-corrected chi connectivity index (χ0v) is 22.6. The average Bonchev–Trinajstić information content (AvgIpc) is 3.21. The molecule has 3 N–H and O–H groups in total. The Morgan fingerprint density at radius 2 is 1.49 bits per heavy atom. The minimum absolute atomic E-state index is 0.0493. The zero-order valence-electron chi connectivity index (χ0n) is 22.6. The summed E-state index contributed by atoms with van der Waals surface area (Å²) in [7, 11) is 0. The quantitative estimate of drug-likeness (QED) is 0.425. The molecule has 0 heterocycles. The van der Waals surface area contributed by atoms with Gasteiger partial charge in [-0.15, -0.1) is 0 Å². The van der Waals surface area contributed by atoms with Gasteiger partial charge in [-0.3, -0.25) is 9.59 Å². The van der Waals surface area contributed by atoms with E-state index in [1.54, 1.807) is 0 Å². The van der Waals surface area contributed by atoms with E-state index in [0.717, 1.165) is 50.5 Å². The van der Waals surface area contributed by atoms with Gasteiger partial charge in [-0.05, 0) is 110 Å². The largest absolute Gasteiger partial charge is 0.481 e. The van der Waals surface area contributed by atoms with E-state index in [0.29, 0.717) is 12.3 Å². The summed E-state index contributed by atoms with van der Waals surface area (Å²) in [5, 5.41) is 32.2. The van der Waals surface area contributed by atoms with Crippen LogP contribution in [0.25, 0.3) is 0 Å². The van der Waals surface area contributed by atoms with E-state index in [9.17, 15) is 24.9 Å². The highest BCUT2D eigenvalue weighted by atomic mass is 16.4. The van der Waals surface area contributed by atoms with Crippen molar-refractivity contribution in [1.29, 1.82) is 0 Å². The molecule has 0 amide bonds. The second kappa shape index (κ2) is 7.36. The minimum atomic E-state index is -0.862. The Balaban J connectivity index is 1.62. The maximum absolute atomic E-state index is 12.8. The second-order valence-corrected chi connectivity index (χ2v) is 14.6. The molecule has 0 bridgehead atoms. The maximum Gasteiger partial charge on any atom is 0.309 e. The minimum Gasteiger partial charge on any atom is -0.481 e. The summed E-state index contributed by atoms with van der Waals surface area (Å²) in [6.07, 6.45) is 6.24. The highest BCUT2D eigenvalue weighted by Crippen LogP contribution is 2.79. The van der Waals surface area contributed by atoms with Crippen LogP contribution in [0.1, 0.15) is 92.9 Å². The van der Waals surface area contributed by atoms with Crippen LogP contribution in [0.5, 0.6) is 0 Å². The summed E-state index contributed by atoms with van der Waals surface area (Å²) < 4.78 is 0. The summed E-state index contributed by atoms with van der Waals surface area (Å²) in [6, 6.07) is 0. The van der Waals surface area contributed by atoms with Crippen LogP contribution in [0.3, 0.4) is 0 Å². The molecule has 0 aliphatic heterocycles. The monoisotopic (exact) mass is 486 g/mol. The Bertz CT molecular complexity index is 970. The maximum atomic E-state index is 12.8. The lowest BCUT2D eigenvalue weighted by atomic mass is 9.34. The number of carboxylic acids is 2. The van der Waals surface area contributed by atoms with Gasteiger partial charge in [0.15, 0.2) is 0 Å². The van der Waals surface area contributed by atoms with Gasteiger partial charge in [0.25, 0.3) is 0 Å². The summed E-state index contributed by atoms with van der Waals surface area (Å²) in [6.45, 7) is 17.5. The smallest absolute Gasteiger partial charge is 0.309 e. The molecule has 35 heavy (non-hydrogen) atoms. The molecule has 0 unspecified atom stereocenters. The fraction of sp³-hybridized carbons (Fsp3) is 0.867. The number of aliphatic hydroxyl groups excluding tert-OH is 1. The molecule has 5 heteroatoms. The number of aliphatic carboxylic acids is 2. The van der Waals surface area contributed by atoms with Gasteiger partial charge < -0.3 is 15.3 Å². The van der Waals surface area contributed by atoms with E-state index < -0.39 is 40.2 Å². The second-order valence-electron chi connectivity index (χ2n) is 14.6. The lowest BCUT2D eigenvalue weighted by Gasteiger charge is -2.70. The molecule has 5 fully saturated rings. The third kappa shape index (κ3) is 2.75. The number of hydrogen-bond donors (Lipinski definition) is 3. The zero-order chi connectivity index (χ0) is 25.9. The van der Waals surface area contributed by atoms with Crippen molar-refractivity contribution in [1.82, 2.24) is 0 Å². The highest BCUT2D eigenvalue weighted by molar-refractivity contribution is 5.76. The lowest BCUT2D eigenvalue weighted by molar-refractivity contribution is -0.228. The third-order valence-electron chi connectivity index (χ3n) is 13.6. The average molecular weight is 487 g/mol. The number of carbonyl (C=O) groups is 2. The molecule has 11 atom stereocenters. The van der Waals surface area contributed by atoms with Crippen LogP contribution >= 0.6 is 0 Å². The van der Waals surface area contributed by atoms with Gasteiger partial charge in [-0.2, -0.15) is 0 Å². The molecule has 0 aromatic carbocycles. The number of hydrogen-bond acceptors (Lipinski definition) is 3. The number of aliphatic hydroxyl groups is 1. The fourth-order valence-corrected chi connectivity index (χ4v) is 11.8. The van der Waals surface area contributed by atoms with Gasteiger partial charge >= 0.3 is 11.9 Å². The van der Waals surface area contributed by atoms with Crippen LogP contribution in [-0.4, -0.2) is 33.4 Å². The van der Waals surface area contributed by atoms with E-state index in [1.165, 1.54) is 0 Å². The van der Waals surface area contributed by atoms with Crippen LogP contribution in [-0.2, 0) is 9.59 Å². The van der Waals surface area contributed by atoms with Crippen LogP contribution in [0, 0.1) is 62.6 Å². The molecule has 5 aliphatic rings. The van der Waals surface area contributed by atoms with Crippen molar-refractivity contribution in [3.63, 3.8) is 0 Å².